The molecule has 1 N–H and O–H groups in total. The number of carbonyl (C=O) groups is 2. The van der Waals surface area contributed by atoms with E-state index >= 15 is 0 Å². The number of nitrogens with one attached hydrogen (secondary N) is 1. The van der Waals surface area contributed by atoms with Crippen molar-refractivity contribution in [1.82, 2.24) is 14.8 Å². The van der Waals surface area contributed by atoms with Crippen molar-refractivity contribution in [3.63, 3.8) is 0 Å². The van der Waals surface area contributed by atoms with Crippen molar-refractivity contribution in [2.45, 2.75) is 33.2 Å². The summed E-state index contributed by atoms with van der Waals surface area (Å²) in [4.78, 5) is 44.4. The minimum atomic E-state index is -0.627. The van der Waals surface area contributed by atoms with Gasteiger partial charge in [0.15, 0.2) is 0 Å². The Bertz CT molecular complexity index is 1520. The number of hydrogen-bond acceptors (Lipinski definition) is 5. The minimum Gasteiger partial charge on any atom is -0.494 e. The molecule has 4 rings (SSSR count). The maximum atomic E-state index is 13.8. The van der Waals surface area contributed by atoms with Crippen LogP contribution in [0.3, 0.4) is 0 Å². The predicted molar refractivity (Wildman–Crippen MR) is 159 cm³/mol. The summed E-state index contributed by atoms with van der Waals surface area (Å²) >= 11 is 5.94. The summed E-state index contributed by atoms with van der Waals surface area (Å²) in [5.41, 5.74) is 2.82. The molecule has 0 aliphatic heterocycles. The van der Waals surface area contributed by atoms with Gasteiger partial charge in [-0.15, -0.1) is 0 Å². The van der Waals surface area contributed by atoms with Crippen LogP contribution in [0.2, 0.25) is 5.02 Å². The fourth-order valence-electron chi connectivity index (χ4n) is 4.72. The second-order valence-electron chi connectivity index (χ2n) is 9.65. The Labute approximate surface area is 243 Å². The lowest BCUT2D eigenvalue weighted by Gasteiger charge is -2.28. The van der Waals surface area contributed by atoms with Crippen molar-refractivity contribution in [3.05, 3.63) is 105 Å². The van der Waals surface area contributed by atoms with Gasteiger partial charge in [-0.3, -0.25) is 19.7 Å². The predicted octanol–water partition coefficient (Wildman–Crippen LogP) is 6.25. The molecule has 0 spiro atoms. The summed E-state index contributed by atoms with van der Waals surface area (Å²) in [6.45, 7) is 5.35. The van der Waals surface area contributed by atoms with Gasteiger partial charge >= 0.3 is 0 Å². The van der Waals surface area contributed by atoms with E-state index in [2.05, 4.69) is 4.98 Å². The van der Waals surface area contributed by atoms with Gasteiger partial charge in [-0.25, -0.2) is 0 Å². The zero-order valence-corrected chi connectivity index (χ0v) is 23.9. The summed E-state index contributed by atoms with van der Waals surface area (Å²) in [5.74, 6) is 0.0753. The molecule has 2 amide bonds. The van der Waals surface area contributed by atoms with E-state index in [1.54, 1.807) is 4.90 Å². The number of H-pyrrole nitrogens is 1. The standard InChI is InChI=1S/C31H33ClN4O5/c1-3-16-35(31(38)23-11-14-27(32)29(18-23)36(39)40)21-30(37)34(20-22-9-12-25(13-10-22)41-4-2)17-15-24-19-33-28-8-6-5-7-26(24)28/h5-14,18-19,33H,3-4,15-17,20-21H2,1-2H3. The lowest BCUT2D eigenvalue weighted by molar-refractivity contribution is -0.384. The third-order valence-electron chi connectivity index (χ3n) is 6.78. The molecule has 0 bridgehead atoms. The van der Waals surface area contributed by atoms with Crippen LogP contribution < -0.4 is 4.74 Å². The summed E-state index contributed by atoms with van der Waals surface area (Å²) in [6, 6.07) is 19.6. The summed E-state index contributed by atoms with van der Waals surface area (Å²) in [5, 5.41) is 12.4. The number of aromatic nitrogens is 1. The van der Waals surface area contributed by atoms with Gasteiger partial charge in [0.25, 0.3) is 11.6 Å². The third kappa shape index (κ3) is 7.43. The Hall–Kier alpha value is -4.37. The summed E-state index contributed by atoms with van der Waals surface area (Å²) < 4.78 is 5.55. The van der Waals surface area contributed by atoms with Crippen LogP contribution in [0.25, 0.3) is 10.9 Å². The van der Waals surface area contributed by atoms with Crippen LogP contribution in [-0.4, -0.2) is 57.8 Å². The molecule has 41 heavy (non-hydrogen) atoms. The summed E-state index contributed by atoms with van der Waals surface area (Å²) in [7, 11) is 0. The van der Waals surface area contributed by atoms with Crippen molar-refractivity contribution in [1.29, 1.82) is 0 Å². The van der Waals surface area contributed by atoms with Crippen LogP contribution in [0, 0.1) is 10.1 Å². The molecule has 3 aromatic carbocycles. The Morgan fingerprint density at radius 1 is 1.00 bits per heavy atom. The average molecular weight is 577 g/mol. The van der Waals surface area contributed by atoms with E-state index in [9.17, 15) is 19.7 Å². The van der Waals surface area contributed by atoms with Crippen molar-refractivity contribution < 1.29 is 19.2 Å². The Morgan fingerprint density at radius 3 is 2.46 bits per heavy atom. The molecule has 4 aromatic rings. The molecule has 214 valence electrons. The number of para-hydroxylation sites is 1. The maximum Gasteiger partial charge on any atom is 0.288 e. The number of nitrogens with zero attached hydrogens (tertiary/aromatic N) is 3. The van der Waals surface area contributed by atoms with Crippen LogP contribution in [0.5, 0.6) is 5.75 Å². The second-order valence-corrected chi connectivity index (χ2v) is 10.1. The zero-order valence-electron chi connectivity index (χ0n) is 23.1. The SMILES string of the molecule is CCCN(CC(=O)N(CCc1c[nH]c2ccccc12)Cc1ccc(OCC)cc1)C(=O)c1ccc(Cl)c([N+](=O)[O-])c1. The number of halogens is 1. The monoisotopic (exact) mass is 576 g/mol. The van der Waals surface area contributed by atoms with Crippen molar-refractivity contribution in [2.75, 3.05) is 26.2 Å². The molecular weight excluding hydrogens is 544 g/mol. The summed E-state index contributed by atoms with van der Waals surface area (Å²) in [6.07, 6.45) is 3.20. The van der Waals surface area contributed by atoms with E-state index in [4.69, 9.17) is 16.3 Å². The van der Waals surface area contributed by atoms with E-state index in [-0.39, 0.29) is 28.7 Å². The highest BCUT2D eigenvalue weighted by Crippen LogP contribution is 2.26. The van der Waals surface area contributed by atoms with Crippen molar-refractivity contribution >= 4 is 40.0 Å². The quantitative estimate of drug-likeness (QED) is 0.149. The zero-order chi connectivity index (χ0) is 29.4. The fourth-order valence-corrected chi connectivity index (χ4v) is 4.90. The minimum absolute atomic E-state index is 0.0523. The smallest absolute Gasteiger partial charge is 0.288 e. The number of carbonyl (C=O) groups excluding carboxylic acids is 2. The van der Waals surface area contributed by atoms with Crippen LogP contribution in [0.4, 0.5) is 5.69 Å². The van der Waals surface area contributed by atoms with Gasteiger partial charge in [0, 0.05) is 48.4 Å². The Kier molecular flexibility index (Phi) is 9.97. The molecule has 10 heteroatoms. The van der Waals surface area contributed by atoms with Gasteiger partial charge < -0.3 is 19.5 Å². The van der Waals surface area contributed by atoms with Crippen LogP contribution in [0.1, 0.15) is 41.8 Å². The molecule has 1 aromatic heterocycles. The normalized spacial score (nSPS) is 10.9. The topological polar surface area (TPSA) is 109 Å². The van der Waals surface area contributed by atoms with Crippen LogP contribution in [-0.2, 0) is 17.8 Å². The highest BCUT2D eigenvalue weighted by molar-refractivity contribution is 6.32. The molecule has 0 fully saturated rings. The first-order valence-electron chi connectivity index (χ1n) is 13.6. The molecule has 9 nitrogen and oxygen atoms in total. The number of nitro benzene ring substituents is 1. The van der Waals surface area contributed by atoms with Gasteiger partial charge in [0.2, 0.25) is 5.91 Å². The number of benzene rings is 3. The van der Waals surface area contributed by atoms with Crippen molar-refractivity contribution in [2.24, 2.45) is 0 Å². The second kappa shape index (κ2) is 13.8. The van der Waals surface area contributed by atoms with Crippen LogP contribution in [0.15, 0.2) is 72.9 Å². The van der Waals surface area contributed by atoms with Gasteiger partial charge in [-0.05, 0) is 61.2 Å². The first kappa shape index (κ1) is 29.6. The van der Waals surface area contributed by atoms with Gasteiger partial charge in [-0.1, -0.05) is 48.9 Å². The van der Waals surface area contributed by atoms with Gasteiger partial charge in [-0.2, -0.15) is 0 Å². The molecule has 1 heterocycles. The highest BCUT2D eigenvalue weighted by atomic mass is 35.5. The van der Waals surface area contributed by atoms with E-state index < -0.39 is 10.8 Å². The van der Waals surface area contributed by atoms with Gasteiger partial charge in [0.1, 0.15) is 17.3 Å². The molecule has 0 radical (unpaired) electrons. The first-order chi connectivity index (χ1) is 19.8. The number of rotatable bonds is 13. The lowest BCUT2D eigenvalue weighted by atomic mass is 10.1. The Morgan fingerprint density at radius 2 is 1.76 bits per heavy atom. The molecule has 0 aliphatic rings. The van der Waals surface area contributed by atoms with Crippen LogP contribution >= 0.6 is 11.6 Å². The van der Waals surface area contributed by atoms with E-state index in [1.807, 2.05) is 68.6 Å². The highest BCUT2D eigenvalue weighted by Gasteiger charge is 2.24. The number of nitro groups is 1. The Balaban J connectivity index is 1.56. The molecule has 0 saturated carbocycles. The molecule has 0 saturated heterocycles. The van der Waals surface area contributed by atoms with E-state index in [1.165, 1.54) is 17.0 Å². The first-order valence-corrected chi connectivity index (χ1v) is 14.0. The largest absolute Gasteiger partial charge is 0.494 e. The number of hydrogen-bond donors (Lipinski definition) is 1. The maximum absolute atomic E-state index is 13.8. The van der Waals surface area contributed by atoms with E-state index in [0.717, 1.165) is 33.8 Å². The number of aromatic amines is 1. The fraction of sp³-hybridized carbons (Fsp3) is 0.290. The lowest BCUT2D eigenvalue weighted by Crippen LogP contribution is -2.43. The molecule has 0 atom stereocenters. The molecular formula is C31H33ClN4O5. The average Bonchev–Trinajstić information content (AvgIpc) is 3.38. The van der Waals surface area contributed by atoms with E-state index in [0.29, 0.717) is 39.1 Å². The number of amides is 2. The molecule has 0 unspecified atom stereocenters. The van der Waals surface area contributed by atoms with Crippen molar-refractivity contribution in [3.8, 4) is 5.75 Å². The van der Waals surface area contributed by atoms with Gasteiger partial charge in [0.05, 0.1) is 11.5 Å². The molecule has 0 aliphatic carbocycles. The third-order valence-corrected chi connectivity index (χ3v) is 7.10. The number of ether oxygens (including phenoxy) is 1. The number of fused-ring (bicyclic) bond motifs is 1.